The summed E-state index contributed by atoms with van der Waals surface area (Å²) in [7, 11) is 1.60. The predicted octanol–water partition coefficient (Wildman–Crippen LogP) is 4.44. The average molecular weight is 537 g/mol. The van der Waals surface area contributed by atoms with Crippen LogP contribution in [0.3, 0.4) is 0 Å². The van der Waals surface area contributed by atoms with Crippen LogP contribution >= 0.6 is 34.8 Å². The molecule has 30 heavy (non-hydrogen) atoms. The zero-order valence-corrected chi connectivity index (χ0v) is 20.2. The Hall–Kier alpha value is -2.33. The van der Waals surface area contributed by atoms with E-state index in [9.17, 15) is 4.79 Å². The van der Waals surface area contributed by atoms with E-state index in [4.69, 9.17) is 21.7 Å². The monoisotopic (exact) mass is 537 g/mol. The minimum absolute atomic E-state index is 0.202. The Labute approximate surface area is 195 Å². The molecule has 1 aliphatic heterocycles. The molecule has 1 amide bonds. The maximum atomic E-state index is 13.2. The van der Waals surface area contributed by atoms with E-state index in [0.29, 0.717) is 34.5 Å². The van der Waals surface area contributed by atoms with E-state index in [2.05, 4.69) is 38.5 Å². The fourth-order valence-corrected chi connectivity index (χ4v) is 4.32. The van der Waals surface area contributed by atoms with Crippen LogP contribution in [0.15, 0.2) is 47.7 Å². The first-order valence-corrected chi connectivity index (χ1v) is 11.0. The Balaban J connectivity index is 2.00. The molecule has 0 saturated carbocycles. The molecule has 2 aromatic rings. The number of ether oxygens (including phenoxy) is 2. The zero-order chi connectivity index (χ0) is 21.8. The van der Waals surface area contributed by atoms with Crippen LogP contribution in [0, 0.1) is 10.5 Å². The van der Waals surface area contributed by atoms with Crippen LogP contribution in [0.2, 0.25) is 0 Å². The Morgan fingerprint density at radius 1 is 1.23 bits per heavy atom. The molecule has 0 saturated heterocycles. The van der Waals surface area contributed by atoms with E-state index in [-0.39, 0.29) is 5.91 Å². The van der Waals surface area contributed by atoms with Crippen molar-refractivity contribution in [3.63, 3.8) is 0 Å². The van der Waals surface area contributed by atoms with Gasteiger partial charge in [0.15, 0.2) is 16.6 Å². The van der Waals surface area contributed by atoms with E-state index >= 15 is 0 Å². The van der Waals surface area contributed by atoms with Gasteiger partial charge < -0.3 is 25.4 Å². The standard InChI is InChI=1S/C22H24IN3O3S/c1-5-29-20-16(23)10-14(11-17(20)28-4)19-18(13(3)24-22(30)26-19)21(27)25-15-8-6-12(2)7-9-15/h6-11,19H,5H2,1-4H3,(H,25,27)(H2,24,26,30)/t19-/m0/s1. The minimum Gasteiger partial charge on any atom is -0.493 e. The van der Waals surface area contributed by atoms with Crippen molar-refractivity contribution in [1.82, 2.24) is 10.6 Å². The number of aryl methyl sites for hydroxylation is 1. The van der Waals surface area contributed by atoms with Gasteiger partial charge in [0.1, 0.15) is 0 Å². The molecule has 0 unspecified atom stereocenters. The quantitative estimate of drug-likeness (QED) is 0.374. The highest BCUT2D eigenvalue weighted by Gasteiger charge is 2.31. The normalized spacial score (nSPS) is 15.9. The largest absolute Gasteiger partial charge is 0.493 e. The summed E-state index contributed by atoms with van der Waals surface area (Å²) in [5.41, 5.74) is 3.99. The number of anilines is 1. The van der Waals surface area contributed by atoms with Gasteiger partial charge in [-0.15, -0.1) is 0 Å². The highest BCUT2D eigenvalue weighted by Crippen LogP contribution is 2.38. The summed E-state index contributed by atoms with van der Waals surface area (Å²) in [4.78, 5) is 13.2. The van der Waals surface area contributed by atoms with Crippen molar-refractivity contribution >= 4 is 51.5 Å². The van der Waals surface area contributed by atoms with Crippen molar-refractivity contribution in [3.8, 4) is 11.5 Å². The molecule has 0 bridgehead atoms. The van der Waals surface area contributed by atoms with Crippen molar-refractivity contribution in [3.05, 3.63) is 62.4 Å². The molecule has 0 radical (unpaired) electrons. The maximum absolute atomic E-state index is 13.2. The Bertz CT molecular complexity index is 1010. The number of amides is 1. The van der Waals surface area contributed by atoms with Gasteiger partial charge in [0.05, 0.1) is 28.9 Å². The van der Waals surface area contributed by atoms with Crippen LogP contribution in [-0.2, 0) is 4.79 Å². The number of benzene rings is 2. The van der Waals surface area contributed by atoms with Gasteiger partial charge in [-0.3, -0.25) is 4.79 Å². The van der Waals surface area contributed by atoms with Gasteiger partial charge in [-0.25, -0.2) is 0 Å². The number of carbonyl (C=O) groups excluding carboxylic acids is 1. The average Bonchev–Trinajstić information content (AvgIpc) is 2.70. The molecular weight excluding hydrogens is 513 g/mol. The van der Waals surface area contributed by atoms with E-state index in [1.807, 2.05) is 57.2 Å². The summed E-state index contributed by atoms with van der Waals surface area (Å²) in [5.74, 6) is 1.10. The minimum atomic E-state index is -0.428. The Morgan fingerprint density at radius 2 is 1.93 bits per heavy atom. The van der Waals surface area contributed by atoms with Crippen molar-refractivity contribution in [2.45, 2.75) is 26.8 Å². The second-order valence-electron chi connectivity index (χ2n) is 6.86. The number of methoxy groups -OCH3 is 1. The summed E-state index contributed by atoms with van der Waals surface area (Å²) in [6.45, 7) is 6.31. The van der Waals surface area contributed by atoms with Gasteiger partial charge in [-0.1, -0.05) is 17.7 Å². The van der Waals surface area contributed by atoms with Gasteiger partial charge in [0.2, 0.25) is 0 Å². The highest BCUT2D eigenvalue weighted by atomic mass is 127. The fraction of sp³-hybridized carbons (Fsp3) is 0.273. The molecule has 0 aromatic heterocycles. The van der Waals surface area contributed by atoms with Crippen LogP contribution < -0.4 is 25.4 Å². The lowest BCUT2D eigenvalue weighted by atomic mass is 9.94. The van der Waals surface area contributed by atoms with Crippen LogP contribution in [0.25, 0.3) is 0 Å². The lowest BCUT2D eigenvalue weighted by Gasteiger charge is -2.31. The number of halogens is 1. The van der Waals surface area contributed by atoms with Gasteiger partial charge in [-0.05, 0) is 85.4 Å². The second-order valence-corrected chi connectivity index (χ2v) is 8.43. The number of rotatable bonds is 6. The Kier molecular flexibility index (Phi) is 7.19. The molecule has 8 heteroatoms. The number of thiocarbonyl (C=S) groups is 1. The van der Waals surface area contributed by atoms with Crippen molar-refractivity contribution in [1.29, 1.82) is 0 Å². The SMILES string of the molecule is CCOc1c(I)cc([C@@H]2NC(=S)NC(C)=C2C(=O)Nc2ccc(C)cc2)cc1OC. The van der Waals surface area contributed by atoms with Crippen LogP contribution in [0.4, 0.5) is 5.69 Å². The van der Waals surface area contributed by atoms with E-state index in [0.717, 1.165) is 20.4 Å². The first-order valence-electron chi connectivity index (χ1n) is 9.50. The van der Waals surface area contributed by atoms with Crippen LogP contribution in [0.5, 0.6) is 11.5 Å². The van der Waals surface area contributed by atoms with Crippen molar-refractivity contribution in [2.75, 3.05) is 19.0 Å². The number of nitrogens with one attached hydrogen (secondary N) is 3. The van der Waals surface area contributed by atoms with Gasteiger partial charge in [0.25, 0.3) is 5.91 Å². The third-order valence-electron chi connectivity index (χ3n) is 4.70. The summed E-state index contributed by atoms with van der Waals surface area (Å²) in [6.07, 6.45) is 0. The molecule has 3 N–H and O–H groups in total. The third kappa shape index (κ3) is 4.86. The number of hydrogen-bond donors (Lipinski definition) is 3. The van der Waals surface area contributed by atoms with Crippen molar-refractivity contribution in [2.24, 2.45) is 0 Å². The molecule has 6 nitrogen and oxygen atoms in total. The maximum Gasteiger partial charge on any atom is 0.255 e. The van der Waals surface area contributed by atoms with E-state index in [1.54, 1.807) is 7.11 Å². The number of carbonyl (C=O) groups is 1. The van der Waals surface area contributed by atoms with Crippen molar-refractivity contribution < 1.29 is 14.3 Å². The lowest BCUT2D eigenvalue weighted by Crippen LogP contribution is -2.45. The molecule has 1 atom stereocenters. The highest BCUT2D eigenvalue weighted by molar-refractivity contribution is 14.1. The second kappa shape index (κ2) is 9.65. The van der Waals surface area contributed by atoms with E-state index in [1.165, 1.54) is 0 Å². The number of hydrogen-bond acceptors (Lipinski definition) is 4. The summed E-state index contributed by atoms with van der Waals surface area (Å²) < 4.78 is 12.2. The summed E-state index contributed by atoms with van der Waals surface area (Å²) >= 11 is 7.57. The lowest BCUT2D eigenvalue weighted by molar-refractivity contribution is -0.113. The zero-order valence-electron chi connectivity index (χ0n) is 17.3. The fourth-order valence-electron chi connectivity index (χ4n) is 3.27. The third-order valence-corrected chi connectivity index (χ3v) is 5.72. The summed E-state index contributed by atoms with van der Waals surface area (Å²) in [5, 5.41) is 9.73. The topological polar surface area (TPSA) is 71.6 Å². The van der Waals surface area contributed by atoms with Crippen LogP contribution in [0.1, 0.15) is 31.0 Å². The van der Waals surface area contributed by atoms with Gasteiger partial charge >= 0.3 is 0 Å². The van der Waals surface area contributed by atoms with Gasteiger partial charge in [-0.2, -0.15) is 0 Å². The molecular formula is C22H24IN3O3S. The first kappa shape index (κ1) is 22.4. The molecule has 158 valence electrons. The number of allylic oxidation sites excluding steroid dienone is 1. The predicted molar refractivity (Wildman–Crippen MR) is 131 cm³/mol. The van der Waals surface area contributed by atoms with Crippen LogP contribution in [-0.4, -0.2) is 24.7 Å². The molecule has 1 heterocycles. The first-order chi connectivity index (χ1) is 14.3. The molecule has 2 aromatic carbocycles. The Morgan fingerprint density at radius 3 is 2.57 bits per heavy atom. The molecule has 1 aliphatic rings. The van der Waals surface area contributed by atoms with Gasteiger partial charge in [0, 0.05) is 11.4 Å². The molecule has 0 fully saturated rings. The van der Waals surface area contributed by atoms with E-state index < -0.39 is 6.04 Å². The smallest absolute Gasteiger partial charge is 0.255 e. The molecule has 0 aliphatic carbocycles. The molecule has 0 spiro atoms. The molecule has 3 rings (SSSR count). The summed E-state index contributed by atoms with van der Waals surface area (Å²) in [6, 6.07) is 11.1.